The van der Waals surface area contributed by atoms with Crippen molar-refractivity contribution in [1.29, 1.82) is 0 Å². The number of amides is 2. The summed E-state index contributed by atoms with van der Waals surface area (Å²) in [6.45, 7) is 3.99. The number of aliphatic imine (C=N–C) groups is 1. The lowest BCUT2D eigenvalue weighted by molar-refractivity contribution is -0.152. The van der Waals surface area contributed by atoms with Crippen LogP contribution in [-0.2, 0) is 14.4 Å². The van der Waals surface area contributed by atoms with Gasteiger partial charge in [0, 0.05) is 12.1 Å². The summed E-state index contributed by atoms with van der Waals surface area (Å²) in [5.41, 5.74) is 0. The van der Waals surface area contributed by atoms with Gasteiger partial charge in [0.1, 0.15) is 18.1 Å². The van der Waals surface area contributed by atoms with Gasteiger partial charge < -0.3 is 14.9 Å². The maximum absolute atomic E-state index is 14.3. The number of carboxylic acid groups (broad SMARTS) is 1. The third-order valence-electron chi connectivity index (χ3n) is 10.1. The van der Waals surface area contributed by atoms with E-state index in [0.717, 1.165) is 83.5 Å². The van der Waals surface area contributed by atoms with Crippen molar-refractivity contribution in [1.82, 2.24) is 14.7 Å². The van der Waals surface area contributed by atoms with Crippen LogP contribution in [0, 0.1) is 5.92 Å². The molecule has 3 aliphatic carbocycles. The lowest BCUT2D eigenvalue weighted by Gasteiger charge is -2.39. The SMILES string of the molecule is CCC[C@@H]1C(=O)N(C2CCCCC2)C(=NC2CCCCC2)N1[C@@H](C)C(=O)N1[C@H](C(=O)O)C[C@@H]2CCCC[C@@H]21. The number of nitrogens with zero attached hydrogens (tertiary/aromatic N) is 4. The van der Waals surface area contributed by atoms with E-state index in [2.05, 4.69) is 6.92 Å². The third-order valence-corrected chi connectivity index (χ3v) is 10.1. The molecule has 2 heterocycles. The van der Waals surface area contributed by atoms with Crippen LogP contribution in [0.25, 0.3) is 0 Å². The summed E-state index contributed by atoms with van der Waals surface area (Å²) < 4.78 is 0. The molecule has 38 heavy (non-hydrogen) atoms. The highest BCUT2D eigenvalue weighted by Crippen LogP contribution is 2.41. The number of rotatable bonds is 7. The molecule has 0 bridgehead atoms. The Labute approximate surface area is 228 Å². The van der Waals surface area contributed by atoms with Crippen LogP contribution in [0.15, 0.2) is 4.99 Å². The Kier molecular flexibility index (Phi) is 8.63. The standard InChI is InChI=1S/C30H48N4O4/c1-3-12-25-28(36)33(23-16-8-5-9-17-23)30(31-22-14-6-4-7-15-22)32(25)20(2)27(35)34-24-18-11-10-13-21(24)19-26(34)29(37)38/h20-26H,3-19H2,1-2H3,(H,37,38)/t20-,21-,24-,25+,26-/m0/s1. The van der Waals surface area contributed by atoms with E-state index in [1.165, 1.54) is 12.8 Å². The number of likely N-dealkylation sites (tertiary alicyclic amines) is 1. The first-order valence-electron chi connectivity index (χ1n) is 15.7. The van der Waals surface area contributed by atoms with Gasteiger partial charge in [-0.25, -0.2) is 9.79 Å². The van der Waals surface area contributed by atoms with E-state index in [9.17, 15) is 19.5 Å². The highest BCUT2D eigenvalue weighted by atomic mass is 16.4. The number of guanidine groups is 1. The molecule has 0 radical (unpaired) electrons. The van der Waals surface area contributed by atoms with E-state index in [4.69, 9.17) is 4.99 Å². The molecule has 0 aromatic carbocycles. The van der Waals surface area contributed by atoms with Crippen LogP contribution in [-0.4, -0.2) is 79.8 Å². The predicted molar refractivity (Wildman–Crippen MR) is 147 cm³/mol. The van der Waals surface area contributed by atoms with Crippen LogP contribution in [0.1, 0.15) is 123 Å². The zero-order valence-corrected chi connectivity index (χ0v) is 23.5. The Balaban J connectivity index is 1.50. The molecule has 2 saturated heterocycles. The monoisotopic (exact) mass is 528 g/mol. The molecule has 8 heteroatoms. The summed E-state index contributed by atoms with van der Waals surface area (Å²) in [7, 11) is 0. The van der Waals surface area contributed by atoms with E-state index >= 15 is 0 Å². The van der Waals surface area contributed by atoms with Crippen molar-refractivity contribution in [2.24, 2.45) is 10.9 Å². The van der Waals surface area contributed by atoms with Crippen molar-refractivity contribution in [3.8, 4) is 0 Å². The number of fused-ring (bicyclic) bond motifs is 1. The van der Waals surface area contributed by atoms with Gasteiger partial charge in [0.05, 0.1) is 6.04 Å². The molecule has 5 fully saturated rings. The second-order valence-corrected chi connectivity index (χ2v) is 12.6. The van der Waals surface area contributed by atoms with E-state index in [1.54, 1.807) is 4.90 Å². The number of hydrogen-bond acceptors (Lipinski definition) is 4. The summed E-state index contributed by atoms with van der Waals surface area (Å²) in [4.78, 5) is 51.7. The minimum absolute atomic E-state index is 0.00379. The fourth-order valence-corrected chi connectivity index (χ4v) is 8.14. The van der Waals surface area contributed by atoms with E-state index in [-0.39, 0.29) is 35.9 Å². The second kappa shape index (κ2) is 12.0. The lowest BCUT2D eigenvalue weighted by atomic mass is 9.84. The molecule has 0 aromatic rings. The molecule has 2 amide bonds. The van der Waals surface area contributed by atoms with Crippen molar-refractivity contribution in [2.45, 2.75) is 159 Å². The van der Waals surface area contributed by atoms with Crippen molar-refractivity contribution < 1.29 is 19.5 Å². The lowest BCUT2D eigenvalue weighted by Crippen LogP contribution is -2.56. The summed E-state index contributed by atoms with van der Waals surface area (Å²) in [6, 6.07) is -1.47. The zero-order chi connectivity index (χ0) is 26.8. The highest BCUT2D eigenvalue weighted by Gasteiger charge is 2.53. The summed E-state index contributed by atoms with van der Waals surface area (Å²) in [5.74, 6) is 0.0332. The Morgan fingerprint density at radius 1 is 0.947 bits per heavy atom. The molecular formula is C30H48N4O4. The molecule has 1 N–H and O–H groups in total. The Morgan fingerprint density at radius 3 is 2.24 bits per heavy atom. The summed E-state index contributed by atoms with van der Waals surface area (Å²) >= 11 is 0. The van der Waals surface area contributed by atoms with Gasteiger partial charge in [-0.15, -0.1) is 0 Å². The smallest absolute Gasteiger partial charge is 0.326 e. The van der Waals surface area contributed by atoms with E-state index < -0.39 is 24.1 Å². The van der Waals surface area contributed by atoms with Crippen molar-refractivity contribution in [2.75, 3.05) is 0 Å². The number of hydrogen-bond donors (Lipinski definition) is 1. The Hall–Kier alpha value is -2.12. The van der Waals surface area contributed by atoms with E-state index in [1.807, 2.05) is 16.7 Å². The molecule has 3 saturated carbocycles. The molecule has 5 rings (SSSR count). The number of carboxylic acids is 1. The van der Waals surface area contributed by atoms with Gasteiger partial charge in [-0.3, -0.25) is 14.5 Å². The minimum atomic E-state index is -0.900. The van der Waals surface area contributed by atoms with Gasteiger partial charge in [0.2, 0.25) is 11.9 Å². The first kappa shape index (κ1) is 27.4. The molecule has 0 spiro atoms. The quantitative estimate of drug-likeness (QED) is 0.504. The van der Waals surface area contributed by atoms with Gasteiger partial charge in [0.25, 0.3) is 5.91 Å². The van der Waals surface area contributed by atoms with Crippen LogP contribution in [0.4, 0.5) is 0 Å². The van der Waals surface area contributed by atoms with Gasteiger partial charge >= 0.3 is 5.97 Å². The largest absolute Gasteiger partial charge is 0.480 e. The molecule has 0 unspecified atom stereocenters. The molecular weight excluding hydrogens is 480 g/mol. The third kappa shape index (κ3) is 5.21. The molecule has 8 nitrogen and oxygen atoms in total. The normalized spacial score (nSPS) is 33.2. The van der Waals surface area contributed by atoms with Gasteiger partial charge in [-0.1, -0.05) is 64.7 Å². The van der Waals surface area contributed by atoms with Crippen LogP contribution >= 0.6 is 0 Å². The molecule has 2 aliphatic heterocycles. The maximum Gasteiger partial charge on any atom is 0.326 e. The van der Waals surface area contributed by atoms with Crippen LogP contribution in [0.5, 0.6) is 0 Å². The van der Waals surface area contributed by atoms with Crippen LogP contribution in [0.3, 0.4) is 0 Å². The van der Waals surface area contributed by atoms with E-state index in [0.29, 0.717) is 18.8 Å². The average Bonchev–Trinajstić information content (AvgIpc) is 3.45. The topological polar surface area (TPSA) is 93.5 Å². The summed E-state index contributed by atoms with van der Waals surface area (Å²) in [6.07, 6.45) is 17.1. The Morgan fingerprint density at radius 2 is 1.58 bits per heavy atom. The molecule has 212 valence electrons. The first-order valence-corrected chi connectivity index (χ1v) is 15.7. The predicted octanol–water partition coefficient (Wildman–Crippen LogP) is 4.95. The van der Waals surface area contributed by atoms with Crippen LogP contribution in [0.2, 0.25) is 0 Å². The zero-order valence-electron chi connectivity index (χ0n) is 23.5. The van der Waals surface area contributed by atoms with Crippen molar-refractivity contribution >= 4 is 23.7 Å². The van der Waals surface area contributed by atoms with Crippen LogP contribution < -0.4 is 0 Å². The number of carbonyl (C=O) groups is 3. The number of carbonyl (C=O) groups excluding carboxylic acids is 2. The number of aliphatic carboxylic acids is 1. The fraction of sp³-hybridized carbons (Fsp3) is 0.867. The molecule has 5 atom stereocenters. The van der Waals surface area contributed by atoms with Crippen molar-refractivity contribution in [3.05, 3.63) is 0 Å². The van der Waals surface area contributed by atoms with Gasteiger partial charge in [-0.2, -0.15) is 0 Å². The average molecular weight is 529 g/mol. The first-order chi connectivity index (χ1) is 18.4. The molecule has 0 aromatic heterocycles. The molecule has 5 aliphatic rings. The summed E-state index contributed by atoms with van der Waals surface area (Å²) in [5, 5.41) is 10.1. The van der Waals surface area contributed by atoms with Gasteiger partial charge in [-0.05, 0) is 64.2 Å². The highest BCUT2D eigenvalue weighted by molar-refractivity contribution is 6.08. The Bertz CT molecular complexity index is 910. The van der Waals surface area contributed by atoms with Crippen molar-refractivity contribution in [3.63, 3.8) is 0 Å². The second-order valence-electron chi connectivity index (χ2n) is 12.6. The van der Waals surface area contributed by atoms with Gasteiger partial charge in [0.15, 0.2) is 0 Å². The fourth-order valence-electron chi connectivity index (χ4n) is 8.14. The maximum atomic E-state index is 14.3. The minimum Gasteiger partial charge on any atom is -0.480 e.